The smallest absolute Gasteiger partial charge is 0.342 e. The molecule has 2 saturated carbocycles. The number of unbranched alkanes of at least 4 members (excludes halogenated alkanes) is 3. The highest BCUT2D eigenvalue weighted by Gasteiger charge is 2.83. The fourth-order valence-electron chi connectivity index (χ4n) is 5.78. The Kier molecular flexibility index (Phi) is 5.00. The van der Waals surface area contributed by atoms with Crippen molar-refractivity contribution in [1.29, 1.82) is 0 Å². The third-order valence-corrected chi connectivity index (χ3v) is 7.30. The van der Waals surface area contributed by atoms with Gasteiger partial charge in [-0.3, -0.25) is 0 Å². The van der Waals surface area contributed by atoms with Gasteiger partial charge in [0.05, 0.1) is 0 Å². The molecule has 0 aromatic carbocycles. The fraction of sp³-hybridized carbons (Fsp3) is 0.950. The van der Waals surface area contributed by atoms with Crippen molar-refractivity contribution in [3.8, 4) is 0 Å². The van der Waals surface area contributed by atoms with E-state index in [1.54, 1.807) is 6.92 Å². The zero-order chi connectivity index (χ0) is 17.4. The van der Waals surface area contributed by atoms with E-state index in [1.165, 1.54) is 44.9 Å². The molecule has 0 spiro atoms. The third-order valence-electron chi connectivity index (χ3n) is 7.30. The predicted molar refractivity (Wildman–Crippen MR) is 91.3 cm³/mol. The van der Waals surface area contributed by atoms with Crippen LogP contribution in [-0.2, 0) is 14.6 Å². The van der Waals surface area contributed by atoms with E-state index in [4.69, 9.17) is 4.74 Å². The van der Waals surface area contributed by atoms with Crippen LogP contribution in [0.3, 0.4) is 0 Å². The maximum atomic E-state index is 13.1. The van der Waals surface area contributed by atoms with Gasteiger partial charge in [0.2, 0.25) is 5.60 Å². The first-order valence-corrected chi connectivity index (χ1v) is 10.1. The molecule has 137 valence electrons. The lowest BCUT2D eigenvalue weighted by Gasteiger charge is -2.42. The monoisotopic (exact) mass is 337 g/mol. The molecule has 4 heteroatoms. The summed E-state index contributed by atoms with van der Waals surface area (Å²) in [7, 11) is 0. The molecule has 0 aromatic rings. The van der Waals surface area contributed by atoms with Gasteiger partial charge in [0.15, 0.2) is 0 Å². The Morgan fingerprint density at radius 3 is 2.46 bits per heavy atom. The molecule has 0 amide bonds. The van der Waals surface area contributed by atoms with Gasteiger partial charge >= 0.3 is 5.97 Å². The number of ether oxygens (including phenoxy) is 1. The molecule has 1 saturated heterocycles. The molecule has 4 atom stereocenters. The number of hydrogen-bond donors (Lipinski definition) is 1. The van der Waals surface area contributed by atoms with Crippen LogP contribution in [0.25, 0.3) is 0 Å². The number of carboxylic acid groups (broad SMARTS) is 1. The summed E-state index contributed by atoms with van der Waals surface area (Å²) in [6.45, 7) is 3.98. The molecule has 3 fully saturated rings. The molecule has 24 heavy (non-hydrogen) atoms. The molecule has 4 unspecified atom stereocenters. The summed E-state index contributed by atoms with van der Waals surface area (Å²) in [4.78, 5) is 11.7. The normalized spacial score (nSPS) is 42.5. The van der Waals surface area contributed by atoms with Crippen molar-refractivity contribution >= 4 is 5.97 Å². The maximum absolute atomic E-state index is 13.1. The Morgan fingerprint density at radius 2 is 1.83 bits per heavy atom. The van der Waals surface area contributed by atoms with Gasteiger partial charge in [-0.15, -0.1) is 0 Å². The molecular weight excluding hydrogens is 304 g/mol. The van der Waals surface area contributed by atoms with E-state index in [0.717, 1.165) is 25.7 Å². The van der Waals surface area contributed by atoms with Gasteiger partial charge in [0.25, 0.3) is 0 Å². The molecule has 1 aliphatic heterocycles. The Balaban J connectivity index is 1.81. The first-order chi connectivity index (χ1) is 11.4. The molecule has 3 aliphatic rings. The van der Waals surface area contributed by atoms with E-state index in [9.17, 15) is 15.0 Å². The van der Waals surface area contributed by atoms with Gasteiger partial charge in [-0.1, -0.05) is 64.7 Å². The number of carboxylic acids is 1. The van der Waals surface area contributed by atoms with Crippen LogP contribution < -0.4 is 0 Å². The first-order valence-electron chi connectivity index (χ1n) is 10.1. The van der Waals surface area contributed by atoms with Gasteiger partial charge in [-0.05, 0) is 38.0 Å². The predicted octanol–water partition coefficient (Wildman–Crippen LogP) is 4.73. The molecule has 0 bridgehead atoms. The SMILES string of the molecule is CCCCCCC12OC1(C)C([O])(C(=O)O)CCC2C1CCCCC1. The first kappa shape index (κ1) is 18.2. The minimum absolute atomic E-state index is 0.219. The average Bonchev–Trinajstić information content (AvgIpc) is 3.21. The lowest BCUT2D eigenvalue weighted by atomic mass is 9.58. The van der Waals surface area contributed by atoms with Gasteiger partial charge in [-0.2, -0.15) is 0 Å². The molecule has 2 aliphatic carbocycles. The van der Waals surface area contributed by atoms with Crippen molar-refractivity contribution in [2.24, 2.45) is 11.8 Å². The van der Waals surface area contributed by atoms with E-state index in [-0.39, 0.29) is 6.42 Å². The summed E-state index contributed by atoms with van der Waals surface area (Å²) in [5.74, 6) is -0.224. The second-order valence-electron chi connectivity index (χ2n) is 8.51. The van der Waals surface area contributed by atoms with E-state index < -0.39 is 22.8 Å². The zero-order valence-electron chi connectivity index (χ0n) is 15.3. The van der Waals surface area contributed by atoms with Crippen molar-refractivity contribution in [1.82, 2.24) is 0 Å². The van der Waals surface area contributed by atoms with Crippen LogP contribution in [0.5, 0.6) is 0 Å². The van der Waals surface area contributed by atoms with Crippen molar-refractivity contribution in [2.45, 2.75) is 108 Å². The van der Waals surface area contributed by atoms with E-state index in [0.29, 0.717) is 11.8 Å². The Labute approximate surface area is 146 Å². The van der Waals surface area contributed by atoms with Crippen LogP contribution >= 0.6 is 0 Å². The third kappa shape index (κ3) is 2.61. The van der Waals surface area contributed by atoms with E-state index in [1.807, 2.05) is 0 Å². The average molecular weight is 337 g/mol. The number of fused-ring (bicyclic) bond motifs is 1. The van der Waals surface area contributed by atoms with Crippen LogP contribution in [0.15, 0.2) is 0 Å². The number of rotatable bonds is 7. The number of epoxide rings is 1. The standard InChI is InChI=1S/C20H33O4/c1-3-4-5-9-13-20-16(15-10-7-6-8-11-15)12-14-19(23,17(21)22)18(20,2)24-20/h15-16H,3-14H2,1-2H3,(H,21,22). The molecule has 4 nitrogen and oxygen atoms in total. The number of hydrogen-bond acceptors (Lipinski definition) is 2. The molecule has 1 heterocycles. The van der Waals surface area contributed by atoms with E-state index in [2.05, 4.69) is 6.92 Å². The summed E-state index contributed by atoms with van der Waals surface area (Å²) in [6.07, 6.45) is 12.7. The second-order valence-corrected chi connectivity index (χ2v) is 8.51. The van der Waals surface area contributed by atoms with Crippen molar-refractivity contribution in [3.05, 3.63) is 0 Å². The minimum Gasteiger partial charge on any atom is -0.479 e. The van der Waals surface area contributed by atoms with Crippen LogP contribution in [-0.4, -0.2) is 27.9 Å². The van der Waals surface area contributed by atoms with Crippen LogP contribution in [0.4, 0.5) is 0 Å². The highest BCUT2D eigenvalue weighted by molar-refractivity contribution is 5.80. The molecular formula is C20H33O4. The lowest BCUT2D eigenvalue weighted by molar-refractivity contribution is -0.181. The summed E-state index contributed by atoms with van der Waals surface area (Å²) in [5, 5.41) is 22.7. The van der Waals surface area contributed by atoms with Gasteiger partial charge in [0, 0.05) is 0 Å². The summed E-state index contributed by atoms with van der Waals surface area (Å²) in [6, 6.07) is 0. The Hall–Kier alpha value is -0.610. The Morgan fingerprint density at radius 1 is 1.12 bits per heavy atom. The van der Waals surface area contributed by atoms with Crippen molar-refractivity contribution in [2.75, 3.05) is 0 Å². The highest BCUT2D eigenvalue weighted by atomic mass is 16.7. The quantitative estimate of drug-likeness (QED) is 0.539. The highest BCUT2D eigenvalue weighted by Crippen LogP contribution is 2.68. The molecule has 1 radical (unpaired) electrons. The van der Waals surface area contributed by atoms with E-state index >= 15 is 0 Å². The van der Waals surface area contributed by atoms with Crippen LogP contribution in [0.2, 0.25) is 0 Å². The van der Waals surface area contributed by atoms with Crippen LogP contribution in [0.1, 0.15) is 90.9 Å². The summed E-state index contributed by atoms with van der Waals surface area (Å²) in [5.41, 5.74) is -3.46. The lowest BCUT2D eigenvalue weighted by Crippen LogP contribution is -2.59. The van der Waals surface area contributed by atoms with Gasteiger partial charge < -0.3 is 9.84 Å². The molecule has 1 N–H and O–H groups in total. The zero-order valence-corrected chi connectivity index (χ0v) is 15.3. The minimum atomic E-state index is -1.97. The Bertz CT molecular complexity index is 472. The van der Waals surface area contributed by atoms with Crippen molar-refractivity contribution < 1.29 is 19.7 Å². The number of carbonyl (C=O) groups is 1. The number of aliphatic carboxylic acids is 1. The van der Waals surface area contributed by atoms with Gasteiger partial charge in [-0.25, -0.2) is 9.90 Å². The largest absolute Gasteiger partial charge is 0.479 e. The van der Waals surface area contributed by atoms with Crippen LogP contribution in [0, 0.1) is 11.8 Å². The molecule has 3 rings (SSSR count). The van der Waals surface area contributed by atoms with Crippen molar-refractivity contribution in [3.63, 3.8) is 0 Å². The topological polar surface area (TPSA) is 69.7 Å². The fourth-order valence-corrected chi connectivity index (χ4v) is 5.78. The second kappa shape index (κ2) is 6.60. The molecule has 0 aromatic heterocycles. The maximum Gasteiger partial charge on any atom is 0.342 e. The van der Waals surface area contributed by atoms with Gasteiger partial charge in [0.1, 0.15) is 11.2 Å². The summed E-state index contributed by atoms with van der Waals surface area (Å²) < 4.78 is 6.18. The summed E-state index contributed by atoms with van der Waals surface area (Å²) >= 11 is 0.